The number of nitrogens with zero attached hydrogens (tertiary/aromatic N) is 1. The molecule has 18 heavy (non-hydrogen) atoms. The lowest BCUT2D eigenvalue weighted by molar-refractivity contribution is 0.966. The molecule has 92 valence electrons. The van der Waals surface area contributed by atoms with E-state index in [9.17, 15) is 0 Å². The largest absolute Gasteiger partial charge is 0.398 e. The van der Waals surface area contributed by atoms with Gasteiger partial charge < -0.3 is 11.5 Å². The van der Waals surface area contributed by atoms with E-state index in [2.05, 4.69) is 17.1 Å². The molecule has 0 amide bonds. The van der Waals surface area contributed by atoms with Crippen LogP contribution in [0.3, 0.4) is 0 Å². The highest BCUT2D eigenvalue weighted by molar-refractivity contribution is 6.01. The number of anilines is 1. The minimum atomic E-state index is 0.504. The molecule has 0 aliphatic heterocycles. The van der Waals surface area contributed by atoms with E-state index < -0.39 is 0 Å². The zero-order valence-electron chi connectivity index (χ0n) is 10.2. The fourth-order valence-electron chi connectivity index (χ4n) is 1.77. The van der Waals surface area contributed by atoms with Crippen molar-refractivity contribution in [3.8, 4) is 0 Å². The zero-order valence-corrected chi connectivity index (χ0v) is 10.2. The van der Waals surface area contributed by atoms with Gasteiger partial charge in [0.15, 0.2) is 0 Å². The zero-order chi connectivity index (χ0) is 12.8. The van der Waals surface area contributed by atoms with Crippen LogP contribution >= 0.6 is 0 Å². The fraction of sp³-hybridized carbons (Fsp3) is 0.133. The molecule has 0 heterocycles. The van der Waals surface area contributed by atoms with Crippen LogP contribution < -0.4 is 11.5 Å². The van der Waals surface area contributed by atoms with Crippen LogP contribution in [0.25, 0.3) is 0 Å². The smallest absolute Gasteiger partial charge is 0.127 e. The van der Waals surface area contributed by atoms with Crippen molar-refractivity contribution in [2.24, 2.45) is 10.7 Å². The highest BCUT2D eigenvalue weighted by Gasteiger charge is 2.01. The summed E-state index contributed by atoms with van der Waals surface area (Å²) >= 11 is 0. The van der Waals surface area contributed by atoms with Gasteiger partial charge in [-0.1, -0.05) is 42.5 Å². The number of aliphatic imine (C=N–C) groups is 1. The minimum Gasteiger partial charge on any atom is -0.398 e. The maximum absolute atomic E-state index is 5.93. The highest BCUT2D eigenvalue weighted by atomic mass is 14.9. The molecule has 0 radical (unpaired) electrons. The van der Waals surface area contributed by atoms with Crippen molar-refractivity contribution in [2.75, 3.05) is 12.3 Å². The lowest BCUT2D eigenvalue weighted by Gasteiger charge is -2.04. The van der Waals surface area contributed by atoms with Crippen molar-refractivity contribution < 1.29 is 0 Å². The molecule has 0 unspecified atom stereocenters. The average molecular weight is 239 g/mol. The van der Waals surface area contributed by atoms with Gasteiger partial charge in [-0.05, 0) is 24.1 Å². The van der Waals surface area contributed by atoms with Crippen molar-refractivity contribution in [1.82, 2.24) is 0 Å². The molecule has 0 aliphatic carbocycles. The first-order valence-electron chi connectivity index (χ1n) is 5.96. The lowest BCUT2D eigenvalue weighted by Crippen LogP contribution is -2.16. The molecule has 2 rings (SSSR count). The Hall–Kier alpha value is -2.29. The van der Waals surface area contributed by atoms with E-state index in [1.165, 1.54) is 5.56 Å². The summed E-state index contributed by atoms with van der Waals surface area (Å²) in [7, 11) is 0. The Bertz CT molecular complexity index is 532. The minimum absolute atomic E-state index is 0.504. The molecule has 0 saturated heterocycles. The Morgan fingerprint density at radius 1 is 0.944 bits per heavy atom. The normalized spacial score (nSPS) is 11.4. The molecule has 0 spiro atoms. The molecular weight excluding hydrogens is 222 g/mol. The van der Waals surface area contributed by atoms with Gasteiger partial charge in [-0.2, -0.15) is 0 Å². The third-order valence-electron chi connectivity index (χ3n) is 2.76. The highest BCUT2D eigenvalue weighted by Crippen LogP contribution is 2.10. The number of nitrogen functional groups attached to an aromatic ring is 1. The van der Waals surface area contributed by atoms with E-state index in [-0.39, 0.29) is 0 Å². The van der Waals surface area contributed by atoms with Crippen LogP contribution in [0.2, 0.25) is 0 Å². The van der Waals surface area contributed by atoms with Crippen LogP contribution in [-0.2, 0) is 6.42 Å². The Morgan fingerprint density at radius 2 is 1.61 bits per heavy atom. The van der Waals surface area contributed by atoms with Gasteiger partial charge in [0, 0.05) is 17.8 Å². The predicted octanol–water partition coefficient (Wildman–Crippen LogP) is 2.22. The average Bonchev–Trinajstić information content (AvgIpc) is 2.40. The van der Waals surface area contributed by atoms with E-state index in [4.69, 9.17) is 11.5 Å². The maximum Gasteiger partial charge on any atom is 0.127 e. The number of amidine groups is 1. The summed E-state index contributed by atoms with van der Waals surface area (Å²) in [4.78, 5) is 4.36. The summed E-state index contributed by atoms with van der Waals surface area (Å²) in [5, 5.41) is 0. The standard InChI is InChI=1S/C15H17N3/c16-14-9-5-4-8-13(14)15(17)18-11-10-12-6-2-1-3-7-12/h1-9H,10-11,16H2,(H2,17,18). The molecule has 0 aromatic heterocycles. The second-order valence-corrected chi connectivity index (χ2v) is 4.09. The summed E-state index contributed by atoms with van der Waals surface area (Å²) < 4.78 is 0. The van der Waals surface area contributed by atoms with Crippen LogP contribution in [0.1, 0.15) is 11.1 Å². The third-order valence-corrected chi connectivity index (χ3v) is 2.76. The van der Waals surface area contributed by atoms with E-state index in [1.807, 2.05) is 42.5 Å². The lowest BCUT2D eigenvalue weighted by atomic mass is 10.1. The summed E-state index contributed by atoms with van der Waals surface area (Å²) in [5.74, 6) is 0.504. The van der Waals surface area contributed by atoms with Gasteiger partial charge in [-0.3, -0.25) is 4.99 Å². The van der Waals surface area contributed by atoms with Crippen LogP contribution in [0.4, 0.5) is 5.69 Å². The molecule has 4 N–H and O–H groups in total. The molecule has 2 aromatic rings. The monoisotopic (exact) mass is 239 g/mol. The van der Waals surface area contributed by atoms with Crippen molar-refractivity contribution >= 4 is 11.5 Å². The molecular formula is C15H17N3. The number of rotatable bonds is 4. The second-order valence-electron chi connectivity index (χ2n) is 4.09. The van der Waals surface area contributed by atoms with E-state index in [0.717, 1.165) is 12.0 Å². The quantitative estimate of drug-likeness (QED) is 0.488. The number of nitrogens with two attached hydrogens (primary N) is 2. The Kier molecular flexibility index (Phi) is 3.97. The van der Waals surface area contributed by atoms with E-state index in [1.54, 1.807) is 0 Å². The van der Waals surface area contributed by atoms with Gasteiger partial charge in [0.2, 0.25) is 0 Å². The van der Waals surface area contributed by atoms with E-state index in [0.29, 0.717) is 18.1 Å². The predicted molar refractivity (Wildman–Crippen MR) is 76.6 cm³/mol. The fourth-order valence-corrected chi connectivity index (χ4v) is 1.77. The molecule has 3 nitrogen and oxygen atoms in total. The molecule has 2 aromatic carbocycles. The SMILES string of the molecule is NC(=NCCc1ccccc1)c1ccccc1N. The van der Waals surface area contributed by atoms with Crippen molar-refractivity contribution in [1.29, 1.82) is 0 Å². The number of benzene rings is 2. The van der Waals surface area contributed by atoms with E-state index >= 15 is 0 Å². The number of hydrogen-bond acceptors (Lipinski definition) is 2. The second kappa shape index (κ2) is 5.87. The van der Waals surface area contributed by atoms with Gasteiger partial charge in [-0.15, -0.1) is 0 Å². The summed E-state index contributed by atoms with van der Waals surface area (Å²) in [6, 6.07) is 17.7. The Labute approximate surface area is 107 Å². The molecule has 0 fully saturated rings. The number of hydrogen-bond donors (Lipinski definition) is 2. The molecule has 0 aliphatic rings. The van der Waals surface area contributed by atoms with Crippen molar-refractivity contribution in [2.45, 2.75) is 6.42 Å². The van der Waals surface area contributed by atoms with Gasteiger partial charge in [0.05, 0.1) is 0 Å². The topological polar surface area (TPSA) is 64.4 Å². The first kappa shape index (κ1) is 12.2. The van der Waals surface area contributed by atoms with Gasteiger partial charge in [0.1, 0.15) is 5.84 Å². The maximum atomic E-state index is 5.93. The van der Waals surface area contributed by atoms with Crippen molar-refractivity contribution in [3.05, 3.63) is 65.7 Å². The van der Waals surface area contributed by atoms with Crippen LogP contribution in [0.15, 0.2) is 59.6 Å². The van der Waals surface area contributed by atoms with Crippen LogP contribution in [-0.4, -0.2) is 12.4 Å². The first-order valence-corrected chi connectivity index (χ1v) is 5.96. The first-order chi connectivity index (χ1) is 8.77. The van der Waals surface area contributed by atoms with Crippen LogP contribution in [0.5, 0.6) is 0 Å². The molecule has 0 saturated carbocycles. The molecule has 0 bridgehead atoms. The summed E-state index contributed by atoms with van der Waals surface area (Å²) in [5.41, 5.74) is 14.5. The van der Waals surface area contributed by atoms with Gasteiger partial charge >= 0.3 is 0 Å². The Morgan fingerprint density at radius 3 is 2.33 bits per heavy atom. The summed E-state index contributed by atoms with van der Waals surface area (Å²) in [6.45, 7) is 0.671. The van der Waals surface area contributed by atoms with Crippen LogP contribution in [0, 0.1) is 0 Å². The molecule has 3 heteroatoms. The summed E-state index contributed by atoms with van der Waals surface area (Å²) in [6.07, 6.45) is 0.883. The number of para-hydroxylation sites is 1. The third kappa shape index (κ3) is 3.10. The van der Waals surface area contributed by atoms with Crippen molar-refractivity contribution in [3.63, 3.8) is 0 Å². The molecule has 0 atom stereocenters. The van der Waals surface area contributed by atoms with Gasteiger partial charge in [-0.25, -0.2) is 0 Å². The Balaban J connectivity index is 2.00. The van der Waals surface area contributed by atoms with Gasteiger partial charge in [0.25, 0.3) is 0 Å².